The minimum atomic E-state index is -0.644. The van der Waals surface area contributed by atoms with E-state index in [4.69, 9.17) is 4.74 Å². The number of aliphatic hydroxyl groups is 1. The van der Waals surface area contributed by atoms with Gasteiger partial charge in [-0.05, 0) is 0 Å². The summed E-state index contributed by atoms with van der Waals surface area (Å²) in [5.74, 6) is 0.292. The van der Waals surface area contributed by atoms with Crippen LogP contribution in [0.25, 0.3) is 0 Å². The first kappa shape index (κ1) is 19.7. The fourth-order valence-corrected chi connectivity index (χ4v) is 4.98. The predicted molar refractivity (Wildman–Crippen MR) is 108 cm³/mol. The van der Waals surface area contributed by atoms with E-state index in [-0.39, 0.29) is 11.5 Å². The van der Waals surface area contributed by atoms with Crippen molar-refractivity contribution in [3.63, 3.8) is 0 Å². The van der Waals surface area contributed by atoms with Gasteiger partial charge in [-0.25, -0.2) is 0 Å². The molecule has 1 aliphatic carbocycles. The third-order valence-electron chi connectivity index (χ3n) is 5.31. The zero-order valence-corrected chi connectivity index (χ0v) is 21.1. The van der Waals surface area contributed by atoms with E-state index >= 15 is 0 Å². The number of aliphatic hydroxyl groups excluding tert-OH is 1. The van der Waals surface area contributed by atoms with E-state index in [0.29, 0.717) is 38.5 Å². The molecule has 1 aromatic carbocycles. The minimum absolute atomic E-state index is 0.137. The zero-order valence-electron chi connectivity index (χ0n) is 16.6. The first-order valence-electron chi connectivity index (χ1n) is 9.48. The molecule has 28 heavy (non-hydrogen) atoms. The second-order valence-electron chi connectivity index (χ2n) is 8.78. The number of amides is 1. The first-order valence-corrected chi connectivity index (χ1v) is 11.5. The van der Waals surface area contributed by atoms with Gasteiger partial charge in [0.25, 0.3) is 0 Å². The fraction of sp³-hybridized carbons (Fsp3) is 0.500. The Hall–Kier alpha value is -1.62. The van der Waals surface area contributed by atoms with E-state index in [1.54, 1.807) is 11.8 Å². The maximum atomic E-state index is 12.9. The van der Waals surface area contributed by atoms with Crippen molar-refractivity contribution >= 4 is 43.5 Å². The van der Waals surface area contributed by atoms with Crippen LogP contribution in [0, 0.1) is 0 Å². The molecular formula is C20H25N4O3Tl. The second-order valence-corrected chi connectivity index (χ2v) is 11.1. The van der Waals surface area contributed by atoms with Crippen LogP contribution in [-0.4, -0.2) is 63.0 Å². The normalized spacial score (nSPS) is 24.1. The monoisotopic (exact) mass is 574 g/mol. The second kappa shape index (κ2) is 6.72. The molecule has 0 radical (unpaired) electrons. The number of nitrogens with zero attached hydrogens (tertiary/aromatic N) is 3. The SMILES string of the molecule is CC(O)Nc1ccc2c(c1)C1(CC1c1c[n]([Tl])cn1)CN2C(=O)OC(C)(C)C. The average molecular weight is 574 g/mol. The third kappa shape index (κ3) is 3.54. The third-order valence-corrected chi connectivity index (χ3v) is 6.41. The van der Waals surface area contributed by atoms with Crippen molar-refractivity contribution in [2.75, 3.05) is 16.8 Å². The summed E-state index contributed by atoms with van der Waals surface area (Å²) in [5.41, 5.74) is 3.27. The van der Waals surface area contributed by atoms with Gasteiger partial charge in [-0.2, -0.15) is 0 Å². The number of carbonyl (C=O) groups is 1. The number of aromatic nitrogens is 2. The molecule has 2 heterocycles. The van der Waals surface area contributed by atoms with Crippen LogP contribution in [0.3, 0.4) is 0 Å². The molecule has 7 nitrogen and oxygen atoms in total. The molecule has 3 atom stereocenters. The number of hydrogen-bond acceptors (Lipinski definition) is 5. The Morgan fingerprint density at radius 3 is 2.82 bits per heavy atom. The Bertz CT molecular complexity index is 920. The van der Waals surface area contributed by atoms with E-state index in [1.807, 2.05) is 39.2 Å². The van der Waals surface area contributed by atoms with Crippen molar-refractivity contribution in [3.8, 4) is 0 Å². The van der Waals surface area contributed by atoms with E-state index in [9.17, 15) is 9.90 Å². The Morgan fingerprint density at radius 2 is 2.21 bits per heavy atom. The predicted octanol–water partition coefficient (Wildman–Crippen LogP) is 2.75. The molecule has 146 valence electrons. The number of rotatable bonds is 3. The van der Waals surface area contributed by atoms with Gasteiger partial charge in [0.1, 0.15) is 0 Å². The number of imidazole rings is 1. The molecule has 1 fully saturated rings. The Labute approximate surface area is 181 Å². The van der Waals surface area contributed by atoms with Gasteiger partial charge in [-0.15, -0.1) is 0 Å². The molecule has 2 N–H and O–H groups in total. The van der Waals surface area contributed by atoms with Crippen molar-refractivity contribution in [2.45, 2.75) is 57.3 Å². The van der Waals surface area contributed by atoms with Gasteiger partial charge < -0.3 is 0 Å². The van der Waals surface area contributed by atoms with E-state index in [1.165, 1.54) is 0 Å². The molecule has 0 saturated heterocycles. The van der Waals surface area contributed by atoms with Gasteiger partial charge in [-0.3, -0.25) is 0 Å². The van der Waals surface area contributed by atoms with Crippen molar-refractivity contribution in [3.05, 3.63) is 42.0 Å². The summed E-state index contributed by atoms with van der Waals surface area (Å²) in [5, 5.41) is 12.7. The molecule has 1 saturated carbocycles. The van der Waals surface area contributed by atoms with Crippen LogP contribution >= 0.6 is 0 Å². The summed E-state index contributed by atoms with van der Waals surface area (Å²) in [6.07, 6.45) is 4.01. The summed E-state index contributed by atoms with van der Waals surface area (Å²) in [6, 6.07) is 5.90. The van der Waals surface area contributed by atoms with Crippen LogP contribution in [0.15, 0.2) is 30.7 Å². The van der Waals surface area contributed by atoms with Crippen LogP contribution in [0.5, 0.6) is 0 Å². The summed E-state index contributed by atoms with van der Waals surface area (Å²) >= 11 is 0.692. The molecule has 3 unspecified atom stereocenters. The van der Waals surface area contributed by atoms with Crippen molar-refractivity contribution in [1.29, 1.82) is 0 Å². The molecule has 2 aliphatic rings. The number of ether oxygens (including phenoxy) is 1. The summed E-state index contributed by atoms with van der Waals surface area (Å²) < 4.78 is 7.78. The molecule has 1 aliphatic heterocycles. The average Bonchev–Trinajstić information content (AvgIpc) is 2.98. The van der Waals surface area contributed by atoms with E-state index in [2.05, 4.69) is 24.9 Å². The van der Waals surface area contributed by atoms with Crippen molar-refractivity contribution in [2.24, 2.45) is 0 Å². The van der Waals surface area contributed by atoms with Crippen LogP contribution in [0.4, 0.5) is 16.2 Å². The fourth-order valence-electron chi connectivity index (χ4n) is 4.13. The Morgan fingerprint density at radius 1 is 1.46 bits per heavy atom. The summed E-state index contributed by atoms with van der Waals surface area (Å²) in [4.78, 5) is 19.2. The number of hydrogen-bond donors (Lipinski definition) is 2. The topological polar surface area (TPSA) is 79.6 Å². The van der Waals surface area contributed by atoms with Gasteiger partial charge in [-0.1, -0.05) is 0 Å². The van der Waals surface area contributed by atoms with Crippen LogP contribution < -0.4 is 10.2 Å². The summed E-state index contributed by atoms with van der Waals surface area (Å²) in [6.45, 7) is 7.92. The standard InChI is InChI=1S/C20H25N4O3.Tl/c1-12(25)23-13-5-6-17-14(7-13)20(8-15(20)16-9-21-11-22-16)10-24(17)18(26)27-19(2,3)4;/h5-7,9,11-12,15,23,25H,8,10H2,1-4H3;/q-1;+1. The van der Waals surface area contributed by atoms with Crippen LogP contribution in [0.1, 0.15) is 51.3 Å². The van der Waals surface area contributed by atoms with Crippen molar-refractivity contribution < 1.29 is 14.6 Å². The Kier molecular flexibility index (Phi) is 4.73. The zero-order chi connectivity index (χ0) is 20.3. The maximum absolute atomic E-state index is 12.9. The summed E-state index contributed by atoms with van der Waals surface area (Å²) in [7, 11) is 0. The quantitative estimate of drug-likeness (QED) is 0.436. The first-order chi connectivity index (χ1) is 13.1. The number of benzene rings is 1. The number of anilines is 2. The van der Waals surface area contributed by atoms with Gasteiger partial charge in [0.05, 0.1) is 0 Å². The number of fused-ring (bicyclic) bond motifs is 2. The molecule has 0 bridgehead atoms. The van der Waals surface area contributed by atoms with Crippen molar-refractivity contribution in [1.82, 2.24) is 7.36 Å². The number of nitrogens with one attached hydrogen (secondary N) is 1. The van der Waals surface area contributed by atoms with E-state index in [0.717, 1.165) is 29.1 Å². The van der Waals surface area contributed by atoms with E-state index < -0.39 is 11.8 Å². The molecule has 4 rings (SSSR count). The Balaban J connectivity index is 1.71. The van der Waals surface area contributed by atoms with Gasteiger partial charge in [0, 0.05) is 0 Å². The molecule has 1 spiro atoms. The molecule has 8 heteroatoms. The molecule has 2 aromatic rings. The van der Waals surface area contributed by atoms with Crippen LogP contribution in [-0.2, 0) is 10.2 Å². The van der Waals surface area contributed by atoms with Gasteiger partial charge in [0.15, 0.2) is 0 Å². The van der Waals surface area contributed by atoms with Gasteiger partial charge >= 0.3 is 182 Å². The molecule has 1 amide bonds. The number of carbonyl (C=O) groups excluding carboxylic acids is 1. The van der Waals surface area contributed by atoms with Crippen LogP contribution in [0.2, 0.25) is 0 Å². The van der Waals surface area contributed by atoms with Gasteiger partial charge in [0.2, 0.25) is 0 Å². The molecule has 1 aromatic heterocycles. The molecular weight excluding hydrogens is 549 g/mol.